The molecule has 0 aliphatic heterocycles. The molecular weight excluding hydrogens is 190 g/mol. The Morgan fingerprint density at radius 1 is 1.00 bits per heavy atom. The molecule has 0 aliphatic rings. The van der Waals surface area contributed by atoms with E-state index in [1.165, 1.54) is 15.4 Å². The fraction of sp³-hybridized carbons (Fsp3) is 0.0833. The summed E-state index contributed by atoms with van der Waals surface area (Å²) in [4.78, 5) is 6.60. The van der Waals surface area contributed by atoms with Crippen LogP contribution in [0.2, 0.25) is 0 Å². The smallest absolute Gasteiger partial charge is 0.0407 e. The van der Waals surface area contributed by atoms with Gasteiger partial charge in [0.25, 0.3) is 0 Å². The zero-order valence-electron chi connectivity index (χ0n) is 7.97. The number of rotatable bonds is 2. The van der Waals surface area contributed by atoms with Crippen molar-refractivity contribution in [1.82, 2.24) is 4.98 Å². The van der Waals surface area contributed by atoms with E-state index in [1.54, 1.807) is 11.8 Å². The Bertz CT molecular complexity index is 412. The van der Waals surface area contributed by atoms with Crippen molar-refractivity contribution < 1.29 is 0 Å². The largest absolute Gasteiger partial charge is 0.263 e. The fourth-order valence-corrected chi connectivity index (χ4v) is 2.13. The van der Waals surface area contributed by atoms with Gasteiger partial charge in [0.1, 0.15) is 0 Å². The van der Waals surface area contributed by atoms with Gasteiger partial charge >= 0.3 is 0 Å². The highest BCUT2D eigenvalue weighted by Crippen LogP contribution is 2.26. The predicted molar refractivity (Wildman–Crippen MR) is 59.5 cm³/mol. The van der Waals surface area contributed by atoms with Crippen molar-refractivity contribution in [3.63, 3.8) is 0 Å². The average molecular weight is 201 g/mol. The number of benzene rings is 1. The molecule has 0 aliphatic carbocycles. The minimum Gasteiger partial charge on any atom is -0.263 e. The standard InChI is InChI=1S/C12H11NS/c1-10-7-12(9-13-8-10)14-11-5-3-2-4-6-11/h2-9H,1H3. The van der Waals surface area contributed by atoms with Gasteiger partial charge in [-0.3, -0.25) is 4.98 Å². The molecule has 2 heteroatoms. The Kier molecular flexibility index (Phi) is 2.84. The normalized spacial score (nSPS) is 10.1. The quantitative estimate of drug-likeness (QED) is 0.737. The molecule has 0 fully saturated rings. The maximum Gasteiger partial charge on any atom is 0.0407 e. The van der Waals surface area contributed by atoms with E-state index in [2.05, 4.69) is 30.1 Å². The van der Waals surface area contributed by atoms with Crippen molar-refractivity contribution in [2.24, 2.45) is 0 Å². The van der Waals surface area contributed by atoms with Crippen molar-refractivity contribution in [2.75, 3.05) is 0 Å². The van der Waals surface area contributed by atoms with E-state index in [-0.39, 0.29) is 0 Å². The number of aromatic nitrogens is 1. The Labute approximate surface area is 88.2 Å². The van der Waals surface area contributed by atoms with Crippen LogP contribution >= 0.6 is 11.8 Å². The Morgan fingerprint density at radius 2 is 1.79 bits per heavy atom. The third-order valence-corrected chi connectivity index (χ3v) is 2.80. The van der Waals surface area contributed by atoms with Gasteiger partial charge in [0.15, 0.2) is 0 Å². The van der Waals surface area contributed by atoms with E-state index in [4.69, 9.17) is 0 Å². The molecule has 1 heterocycles. The topological polar surface area (TPSA) is 12.9 Å². The molecule has 2 rings (SSSR count). The van der Waals surface area contributed by atoms with E-state index in [1.807, 2.05) is 30.6 Å². The summed E-state index contributed by atoms with van der Waals surface area (Å²) >= 11 is 1.74. The zero-order valence-corrected chi connectivity index (χ0v) is 8.79. The lowest BCUT2D eigenvalue weighted by Crippen LogP contribution is -1.78. The van der Waals surface area contributed by atoms with Crippen LogP contribution < -0.4 is 0 Å². The summed E-state index contributed by atoms with van der Waals surface area (Å²) in [5, 5.41) is 0. The number of hydrogen-bond acceptors (Lipinski definition) is 2. The summed E-state index contributed by atoms with van der Waals surface area (Å²) in [6, 6.07) is 12.5. The fourth-order valence-electron chi connectivity index (χ4n) is 1.21. The first-order valence-electron chi connectivity index (χ1n) is 4.49. The Hall–Kier alpha value is -1.28. The third-order valence-electron chi connectivity index (χ3n) is 1.83. The van der Waals surface area contributed by atoms with Crippen LogP contribution in [0.1, 0.15) is 5.56 Å². The molecule has 0 radical (unpaired) electrons. The van der Waals surface area contributed by atoms with E-state index in [0.29, 0.717) is 0 Å². The number of pyridine rings is 1. The van der Waals surface area contributed by atoms with Gasteiger partial charge in [-0.15, -0.1) is 0 Å². The van der Waals surface area contributed by atoms with E-state index >= 15 is 0 Å². The summed E-state index contributed by atoms with van der Waals surface area (Å²) < 4.78 is 0. The first-order valence-corrected chi connectivity index (χ1v) is 5.31. The van der Waals surface area contributed by atoms with Crippen molar-refractivity contribution in [3.8, 4) is 0 Å². The molecule has 0 bridgehead atoms. The second-order valence-electron chi connectivity index (χ2n) is 3.11. The van der Waals surface area contributed by atoms with Gasteiger partial charge in [-0.2, -0.15) is 0 Å². The van der Waals surface area contributed by atoms with Crippen LogP contribution in [-0.4, -0.2) is 4.98 Å². The maximum atomic E-state index is 4.16. The Balaban J connectivity index is 2.19. The predicted octanol–water partition coefficient (Wildman–Crippen LogP) is 3.54. The Morgan fingerprint density at radius 3 is 2.50 bits per heavy atom. The van der Waals surface area contributed by atoms with Crippen LogP contribution in [0.25, 0.3) is 0 Å². The monoisotopic (exact) mass is 201 g/mol. The van der Waals surface area contributed by atoms with Gasteiger partial charge in [-0.05, 0) is 30.7 Å². The highest BCUT2D eigenvalue weighted by Gasteiger charge is 1.96. The van der Waals surface area contributed by atoms with Gasteiger partial charge in [-0.1, -0.05) is 30.0 Å². The summed E-state index contributed by atoms with van der Waals surface area (Å²) in [5.41, 5.74) is 1.20. The minimum absolute atomic E-state index is 1.19. The number of hydrogen-bond donors (Lipinski definition) is 0. The first-order chi connectivity index (χ1) is 6.84. The highest BCUT2D eigenvalue weighted by molar-refractivity contribution is 7.99. The molecule has 0 saturated heterocycles. The van der Waals surface area contributed by atoms with Crippen molar-refractivity contribution >= 4 is 11.8 Å². The summed E-state index contributed by atoms with van der Waals surface area (Å²) in [6.45, 7) is 2.06. The molecule has 1 nitrogen and oxygen atoms in total. The summed E-state index contributed by atoms with van der Waals surface area (Å²) in [7, 11) is 0. The van der Waals surface area contributed by atoms with Crippen LogP contribution in [0.15, 0.2) is 58.6 Å². The van der Waals surface area contributed by atoms with Crippen LogP contribution in [0.5, 0.6) is 0 Å². The third kappa shape index (κ3) is 2.36. The molecule has 0 unspecified atom stereocenters. The molecule has 0 amide bonds. The van der Waals surface area contributed by atoms with E-state index in [0.717, 1.165) is 0 Å². The molecule has 1 aromatic carbocycles. The molecule has 0 atom stereocenters. The van der Waals surface area contributed by atoms with Crippen molar-refractivity contribution in [3.05, 3.63) is 54.4 Å². The molecule has 0 saturated carbocycles. The minimum atomic E-state index is 1.19. The second-order valence-corrected chi connectivity index (χ2v) is 4.26. The summed E-state index contributed by atoms with van der Waals surface area (Å²) in [5.74, 6) is 0. The molecule has 2 aromatic rings. The first kappa shape index (κ1) is 9.28. The second kappa shape index (κ2) is 4.29. The van der Waals surface area contributed by atoms with Crippen molar-refractivity contribution in [2.45, 2.75) is 16.7 Å². The van der Waals surface area contributed by atoms with Crippen LogP contribution in [0, 0.1) is 6.92 Å². The zero-order chi connectivity index (χ0) is 9.80. The molecule has 0 N–H and O–H groups in total. The lowest BCUT2D eigenvalue weighted by molar-refractivity contribution is 1.19. The molecule has 1 aromatic heterocycles. The number of nitrogens with zero attached hydrogens (tertiary/aromatic N) is 1. The van der Waals surface area contributed by atoms with Gasteiger partial charge in [0.05, 0.1) is 0 Å². The van der Waals surface area contributed by atoms with Gasteiger partial charge < -0.3 is 0 Å². The van der Waals surface area contributed by atoms with Crippen LogP contribution in [0.4, 0.5) is 0 Å². The lowest BCUT2D eigenvalue weighted by atomic mass is 10.3. The van der Waals surface area contributed by atoms with Gasteiger partial charge in [0, 0.05) is 22.2 Å². The highest BCUT2D eigenvalue weighted by atomic mass is 32.2. The average Bonchev–Trinajstić information content (AvgIpc) is 2.19. The van der Waals surface area contributed by atoms with Crippen LogP contribution in [-0.2, 0) is 0 Å². The molecule has 70 valence electrons. The molecule has 0 spiro atoms. The SMILES string of the molecule is Cc1cncc(Sc2ccccc2)c1. The maximum absolute atomic E-state index is 4.16. The lowest BCUT2D eigenvalue weighted by Gasteiger charge is -2.01. The molecule has 14 heavy (non-hydrogen) atoms. The van der Waals surface area contributed by atoms with Crippen molar-refractivity contribution in [1.29, 1.82) is 0 Å². The van der Waals surface area contributed by atoms with Crippen LogP contribution in [0.3, 0.4) is 0 Å². The molecular formula is C12H11NS. The number of aryl methyl sites for hydroxylation is 1. The van der Waals surface area contributed by atoms with Gasteiger partial charge in [-0.25, -0.2) is 0 Å². The van der Waals surface area contributed by atoms with E-state index in [9.17, 15) is 0 Å². The van der Waals surface area contributed by atoms with E-state index < -0.39 is 0 Å². The summed E-state index contributed by atoms with van der Waals surface area (Å²) in [6.07, 6.45) is 3.76. The van der Waals surface area contributed by atoms with Gasteiger partial charge in [0.2, 0.25) is 0 Å².